The third-order valence-electron chi connectivity index (χ3n) is 3.48. The fraction of sp³-hybridized carbons (Fsp3) is 0.471. The fourth-order valence-corrected chi connectivity index (χ4v) is 3.56. The molecule has 2 unspecified atom stereocenters. The minimum atomic E-state index is -3.47. The number of ether oxygens (including phenoxy) is 1. The normalized spacial score (nSPS) is 14.0. The average Bonchev–Trinajstić information content (AvgIpc) is 2.61. The summed E-state index contributed by atoms with van der Waals surface area (Å²) in [6, 6.07) is 5.59. The average molecular weight is 649 g/mol. The van der Waals surface area contributed by atoms with Gasteiger partial charge in [-0.3, -0.25) is 4.79 Å². The van der Waals surface area contributed by atoms with Crippen molar-refractivity contribution in [3.63, 3.8) is 0 Å². The van der Waals surface area contributed by atoms with Crippen LogP contribution in [0.5, 0.6) is 5.75 Å². The summed E-state index contributed by atoms with van der Waals surface area (Å²) in [6.45, 7) is 0.578. The summed E-state index contributed by atoms with van der Waals surface area (Å²) < 4.78 is 24.2. The van der Waals surface area contributed by atoms with E-state index in [0.717, 1.165) is 18.4 Å². The molecule has 0 aliphatic rings. The maximum atomic E-state index is 12.5. The molecule has 0 saturated carbocycles. The third-order valence-corrected chi connectivity index (χ3v) is 6.18. The molecule has 0 aliphatic carbocycles. The van der Waals surface area contributed by atoms with Crippen molar-refractivity contribution in [2.75, 3.05) is 26.1 Å². The van der Waals surface area contributed by atoms with Crippen LogP contribution in [0.15, 0.2) is 36.9 Å². The Morgan fingerprint density at radius 1 is 1.37 bits per heavy atom. The second kappa shape index (κ2) is 14.4. The summed E-state index contributed by atoms with van der Waals surface area (Å²) in [5.74, 6) is 0.294. The van der Waals surface area contributed by atoms with E-state index in [-0.39, 0.29) is 57.1 Å². The SMILES string of the molecule is C=CCOC(=O)C([NH-])Cc1ccc(OP(=O)(Cl)N(C)CCCCCl)cc1.[Ac]. The molecule has 0 heterocycles. The predicted molar refractivity (Wildman–Crippen MR) is 106 cm³/mol. The van der Waals surface area contributed by atoms with Crippen molar-refractivity contribution in [1.82, 2.24) is 4.67 Å². The summed E-state index contributed by atoms with van der Waals surface area (Å²) in [5, 5.41) is 0. The summed E-state index contributed by atoms with van der Waals surface area (Å²) in [4.78, 5) is 11.6. The molecule has 0 amide bonds. The van der Waals surface area contributed by atoms with Crippen LogP contribution in [0.25, 0.3) is 5.73 Å². The summed E-state index contributed by atoms with van der Waals surface area (Å²) in [7, 11) is 1.63. The molecule has 1 aromatic rings. The maximum absolute atomic E-state index is 12.5. The molecule has 1 radical (unpaired) electrons. The molecule has 0 bridgehead atoms. The van der Waals surface area contributed by atoms with Crippen LogP contribution >= 0.6 is 29.7 Å². The number of carbonyl (C=O) groups is 1. The van der Waals surface area contributed by atoms with Crippen molar-refractivity contribution < 1.29 is 62.7 Å². The van der Waals surface area contributed by atoms with Gasteiger partial charge in [0.1, 0.15) is 12.4 Å². The van der Waals surface area contributed by atoms with E-state index in [9.17, 15) is 9.36 Å². The Morgan fingerprint density at radius 2 is 2.00 bits per heavy atom. The number of hydrogen-bond donors (Lipinski definition) is 0. The van der Waals surface area contributed by atoms with Crippen LogP contribution in [0, 0.1) is 44.1 Å². The number of rotatable bonds is 12. The summed E-state index contributed by atoms with van der Waals surface area (Å²) in [5.41, 5.74) is 8.56. The van der Waals surface area contributed by atoms with E-state index in [1.807, 2.05) is 0 Å². The number of benzene rings is 1. The Kier molecular flexibility index (Phi) is 14.6. The second-order valence-corrected chi connectivity index (χ2v) is 9.07. The zero-order valence-corrected chi connectivity index (χ0v) is 22.4. The third kappa shape index (κ3) is 10.7. The van der Waals surface area contributed by atoms with E-state index in [0.29, 0.717) is 18.2 Å². The zero-order chi connectivity index (χ0) is 19.6. The van der Waals surface area contributed by atoms with E-state index in [1.54, 1.807) is 31.3 Å². The smallest absolute Gasteiger partial charge is 0.411 e. The molecule has 1 N–H and O–H groups in total. The van der Waals surface area contributed by atoms with E-state index >= 15 is 0 Å². The van der Waals surface area contributed by atoms with Gasteiger partial charge in [-0.15, -0.1) is 11.6 Å². The maximum Gasteiger partial charge on any atom is 0.411 e. The Morgan fingerprint density at radius 3 is 2.56 bits per heavy atom. The van der Waals surface area contributed by atoms with Crippen LogP contribution in [0.3, 0.4) is 0 Å². The van der Waals surface area contributed by atoms with Gasteiger partial charge >= 0.3 is 6.87 Å². The first kappa shape index (κ1) is 27.4. The summed E-state index contributed by atoms with van der Waals surface area (Å²) in [6.07, 6.45) is 3.23. The van der Waals surface area contributed by atoms with E-state index < -0.39 is 18.9 Å². The molecule has 2 atom stereocenters. The Balaban J connectivity index is 0.00000676. The number of esters is 1. The van der Waals surface area contributed by atoms with E-state index in [2.05, 4.69) is 6.58 Å². The molecule has 0 aliphatic heterocycles. The molecule has 0 fully saturated rings. The van der Waals surface area contributed by atoms with Crippen molar-refractivity contribution in [3.05, 3.63) is 48.2 Å². The van der Waals surface area contributed by atoms with Crippen molar-refractivity contribution in [2.45, 2.75) is 25.3 Å². The monoisotopic (exact) mass is 648 g/mol. The molecule has 149 valence electrons. The number of nitrogens with one attached hydrogen (secondary N) is 1. The van der Waals surface area contributed by atoms with Gasteiger partial charge in [-0.05, 0) is 50.0 Å². The number of carbonyl (C=O) groups excluding carboxylic acids is 1. The first-order valence-electron chi connectivity index (χ1n) is 8.14. The van der Waals surface area contributed by atoms with Crippen LogP contribution in [0.1, 0.15) is 18.4 Å². The van der Waals surface area contributed by atoms with Crippen LogP contribution in [-0.2, 0) is 20.5 Å². The molecule has 10 heteroatoms. The molecule has 6 nitrogen and oxygen atoms in total. The van der Waals surface area contributed by atoms with Crippen molar-refractivity contribution in [1.29, 1.82) is 0 Å². The number of alkyl halides is 1. The molecular weight excluding hydrogens is 625 g/mol. The van der Waals surface area contributed by atoms with Gasteiger partial charge in [-0.1, -0.05) is 24.8 Å². The minimum absolute atomic E-state index is 0. The van der Waals surface area contributed by atoms with Gasteiger partial charge < -0.3 is 15.0 Å². The molecule has 1 aromatic carbocycles. The Bertz CT molecular complexity index is 634. The van der Waals surface area contributed by atoms with Crippen molar-refractivity contribution >= 4 is 35.7 Å². The predicted octanol–water partition coefficient (Wildman–Crippen LogP) is 5.06. The van der Waals surface area contributed by atoms with Gasteiger partial charge in [0.05, 0.1) is 0 Å². The minimum Gasteiger partial charge on any atom is -0.665 e. The van der Waals surface area contributed by atoms with Gasteiger partial charge in [0, 0.05) is 67.7 Å². The first-order chi connectivity index (χ1) is 12.3. The fourth-order valence-electron chi connectivity index (χ4n) is 2.00. The molecule has 0 spiro atoms. The standard InChI is InChI=1S/C17H24Cl2N2O4P.Ac/c1-3-12-24-17(22)16(20)13-14-6-8-15(9-7-14)25-26(19,23)21(2)11-5-4-10-18;/h3,6-9,16,20H,1,4-5,10-13H2,2H3;/q-1;. The van der Waals surface area contributed by atoms with E-state index in [1.165, 1.54) is 10.7 Å². The number of hydrogen-bond acceptors (Lipinski definition) is 4. The van der Waals surface area contributed by atoms with Crippen LogP contribution in [0.4, 0.5) is 0 Å². The Labute approximate surface area is 206 Å². The van der Waals surface area contributed by atoms with E-state index in [4.69, 9.17) is 37.8 Å². The zero-order valence-electron chi connectivity index (χ0n) is 15.3. The van der Waals surface area contributed by atoms with Gasteiger partial charge in [0.25, 0.3) is 5.97 Å². The number of halogens is 2. The molecular formula is C17H24AcCl2N2O4P-. The molecule has 27 heavy (non-hydrogen) atoms. The Hall–Kier alpha value is 0.402. The van der Waals surface area contributed by atoms with Crippen LogP contribution < -0.4 is 4.52 Å². The number of unbranched alkanes of at least 4 members (excludes halogenated alkanes) is 1. The molecule has 0 aromatic heterocycles. The summed E-state index contributed by atoms with van der Waals surface area (Å²) >= 11 is 11.7. The van der Waals surface area contributed by atoms with Crippen LogP contribution in [-0.4, -0.2) is 42.8 Å². The second-order valence-electron chi connectivity index (χ2n) is 5.64. The van der Waals surface area contributed by atoms with Gasteiger partial charge in [-0.25, -0.2) is 9.24 Å². The largest absolute Gasteiger partial charge is 0.665 e. The van der Waals surface area contributed by atoms with Gasteiger partial charge in [0.2, 0.25) is 0 Å². The number of nitrogens with zero attached hydrogens (tertiary/aromatic N) is 1. The topological polar surface area (TPSA) is 79.6 Å². The first-order valence-corrected chi connectivity index (χ1v) is 11.2. The van der Waals surface area contributed by atoms with Gasteiger partial charge in [0.15, 0.2) is 0 Å². The quantitative estimate of drug-likeness (QED) is 0.104. The van der Waals surface area contributed by atoms with Crippen molar-refractivity contribution in [3.8, 4) is 5.75 Å². The van der Waals surface area contributed by atoms with Crippen molar-refractivity contribution in [2.24, 2.45) is 0 Å². The van der Waals surface area contributed by atoms with Crippen LogP contribution in [0.2, 0.25) is 0 Å². The van der Waals surface area contributed by atoms with Gasteiger partial charge in [-0.2, -0.15) is 0 Å². The molecule has 0 saturated heterocycles. The molecule has 1 rings (SSSR count).